The molecule has 1 saturated carbocycles. The summed E-state index contributed by atoms with van der Waals surface area (Å²) in [6.07, 6.45) is 0.766. The normalized spacial score (nSPS) is 20.0. The molecule has 0 saturated heterocycles. The second-order valence-corrected chi connectivity index (χ2v) is 5.93. The van der Waals surface area contributed by atoms with Crippen molar-refractivity contribution >= 4 is 0 Å². The highest BCUT2D eigenvalue weighted by molar-refractivity contribution is 5.32. The quantitative estimate of drug-likeness (QED) is 0.651. The van der Waals surface area contributed by atoms with Gasteiger partial charge in [-0.25, -0.2) is 0 Å². The molecular formula is C15H21F3N2O. The highest BCUT2D eigenvalue weighted by Crippen LogP contribution is 2.45. The van der Waals surface area contributed by atoms with Crippen molar-refractivity contribution in [3.63, 3.8) is 0 Å². The molecule has 0 radical (unpaired) electrons. The minimum Gasteiger partial charge on any atom is -0.406 e. The fourth-order valence-electron chi connectivity index (χ4n) is 3.24. The summed E-state index contributed by atoms with van der Waals surface area (Å²) in [6.45, 7) is 2.13. The first-order valence-electron chi connectivity index (χ1n) is 7.16. The maximum atomic E-state index is 12.3. The Morgan fingerprint density at radius 2 is 1.90 bits per heavy atom. The SMILES string of the molecule is CC1(C(NN)c2cccc(OC(F)(F)F)c2)CCCCC1. The average Bonchev–Trinajstić information content (AvgIpc) is 2.38. The van der Waals surface area contributed by atoms with E-state index in [1.165, 1.54) is 18.6 Å². The minimum absolute atomic E-state index is 0.0517. The molecule has 1 aliphatic rings. The Hall–Kier alpha value is -1.27. The molecule has 1 unspecified atom stereocenters. The molecule has 118 valence electrons. The van der Waals surface area contributed by atoms with Crippen molar-refractivity contribution in [3.05, 3.63) is 29.8 Å². The van der Waals surface area contributed by atoms with Crippen molar-refractivity contribution in [3.8, 4) is 5.75 Å². The third kappa shape index (κ3) is 4.11. The van der Waals surface area contributed by atoms with Crippen LogP contribution in [0.5, 0.6) is 5.75 Å². The first-order valence-corrected chi connectivity index (χ1v) is 7.16. The summed E-state index contributed by atoms with van der Waals surface area (Å²) in [5.74, 6) is 5.48. The van der Waals surface area contributed by atoms with Crippen LogP contribution < -0.4 is 16.0 Å². The molecule has 0 aliphatic heterocycles. The maximum Gasteiger partial charge on any atom is 0.573 e. The van der Waals surface area contributed by atoms with Crippen molar-refractivity contribution in [1.29, 1.82) is 0 Å². The van der Waals surface area contributed by atoms with Gasteiger partial charge in [0.25, 0.3) is 0 Å². The number of nitrogens with two attached hydrogens (primary N) is 1. The van der Waals surface area contributed by atoms with E-state index in [1.54, 1.807) is 12.1 Å². The highest BCUT2D eigenvalue weighted by Gasteiger charge is 2.36. The molecule has 21 heavy (non-hydrogen) atoms. The third-order valence-electron chi connectivity index (χ3n) is 4.28. The molecule has 1 fully saturated rings. The Kier molecular flexibility index (Phi) is 4.78. The van der Waals surface area contributed by atoms with Crippen LogP contribution in [0.25, 0.3) is 0 Å². The second-order valence-electron chi connectivity index (χ2n) is 5.93. The Morgan fingerprint density at radius 3 is 2.48 bits per heavy atom. The molecule has 0 bridgehead atoms. The van der Waals surface area contributed by atoms with Gasteiger partial charge in [-0.15, -0.1) is 13.2 Å². The van der Waals surface area contributed by atoms with E-state index in [0.717, 1.165) is 31.2 Å². The molecule has 0 heterocycles. The van der Waals surface area contributed by atoms with E-state index in [4.69, 9.17) is 5.84 Å². The van der Waals surface area contributed by atoms with Gasteiger partial charge in [-0.2, -0.15) is 0 Å². The number of hydrazine groups is 1. The number of nitrogens with one attached hydrogen (secondary N) is 1. The van der Waals surface area contributed by atoms with E-state index < -0.39 is 6.36 Å². The fraction of sp³-hybridized carbons (Fsp3) is 0.600. The summed E-state index contributed by atoms with van der Waals surface area (Å²) in [7, 11) is 0. The molecule has 1 aliphatic carbocycles. The van der Waals surface area contributed by atoms with Gasteiger partial charge < -0.3 is 4.74 Å². The molecule has 0 aromatic heterocycles. The van der Waals surface area contributed by atoms with Crippen LogP contribution >= 0.6 is 0 Å². The summed E-state index contributed by atoms with van der Waals surface area (Å²) < 4.78 is 41.0. The van der Waals surface area contributed by atoms with E-state index in [9.17, 15) is 13.2 Å². The average molecular weight is 302 g/mol. The minimum atomic E-state index is -4.68. The Morgan fingerprint density at radius 1 is 1.24 bits per heavy atom. The van der Waals surface area contributed by atoms with E-state index >= 15 is 0 Å². The standard InChI is InChI=1S/C15H21F3N2O/c1-14(8-3-2-4-9-14)13(20-19)11-6-5-7-12(10-11)21-15(16,17)18/h5-7,10,13,20H,2-4,8-9,19H2,1H3. The van der Waals surface area contributed by atoms with Gasteiger partial charge in [0.2, 0.25) is 0 Å². The molecule has 0 spiro atoms. The lowest BCUT2D eigenvalue weighted by atomic mass is 9.69. The smallest absolute Gasteiger partial charge is 0.406 e. The van der Waals surface area contributed by atoms with E-state index in [0.29, 0.717) is 0 Å². The largest absolute Gasteiger partial charge is 0.573 e. The number of benzene rings is 1. The van der Waals surface area contributed by atoms with Crippen molar-refractivity contribution < 1.29 is 17.9 Å². The number of halogens is 3. The van der Waals surface area contributed by atoms with Gasteiger partial charge in [-0.3, -0.25) is 11.3 Å². The van der Waals surface area contributed by atoms with E-state index in [2.05, 4.69) is 17.1 Å². The highest BCUT2D eigenvalue weighted by atomic mass is 19.4. The van der Waals surface area contributed by atoms with Crippen molar-refractivity contribution in [2.24, 2.45) is 11.3 Å². The number of hydrogen-bond donors (Lipinski definition) is 2. The van der Waals surface area contributed by atoms with Gasteiger partial charge in [0.1, 0.15) is 5.75 Å². The molecule has 1 aromatic rings. The van der Waals surface area contributed by atoms with Gasteiger partial charge in [0.05, 0.1) is 6.04 Å². The summed E-state index contributed by atoms with van der Waals surface area (Å²) >= 11 is 0. The van der Waals surface area contributed by atoms with Crippen LogP contribution in [0.4, 0.5) is 13.2 Å². The Balaban J connectivity index is 2.23. The monoisotopic (exact) mass is 302 g/mol. The van der Waals surface area contributed by atoms with Gasteiger partial charge >= 0.3 is 6.36 Å². The number of ether oxygens (including phenoxy) is 1. The van der Waals surface area contributed by atoms with Gasteiger partial charge in [-0.1, -0.05) is 38.3 Å². The van der Waals surface area contributed by atoms with Gasteiger partial charge in [-0.05, 0) is 36.0 Å². The van der Waals surface area contributed by atoms with Crippen LogP contribution in [0.2, 0.25) is 0 Å². The fourth-order valence-corrected chi connectivity index (χ4v) is 3.24. The summed E-state index contributed by atoms with van der Waals surface area (Å²) in [5.41, 5.74) is 3.46. The molecule has 1 atom stereocenters. The second kappa shape index (κ2) is 6.23. The lowest BCUT2D eigenvalue weighted by Gasteiger charge is -2.40. The molecule has 6 heteroatoms. The lowest BCUT2D eigenvalue weighted by Crippen LogP contribution is -2.41. The van der Waals surface area contributed by atoms with Gasteiger partial charge in [0.15, 0.2) is 0 Å². The topological polar surface area (TPSA) is 47.3 Å². The molecular weight excluding hydrogens is 281 g/mol. The third-order valence-corrected chi connectivity index (χ3v) is 4.28. The van der Waals surface area contributed by atoms with Crippen LogP contribution in [0, 0.1) is 5.41 Å². The molecule has 2 rings (SSSR count). The van der Waals surface area contributed by atoms with E-state index in [-0.39, 0.29) is 17.2 Å². The Bertz CT molecular complexity index is 470. The lowest BCUT2D eigenvalue weighted by molar-refractivity contribution is -0.274. The zero-order chi connectivity index (χ0) is 15.5. The van der Waals surface area contributed by atoms with E-state index in [1.807, 2.05) is 0 Å². The number of rotatable bonds is 4. The number of alkyl halides is 3. The molecule has 1 aromatic carbocycles. The van der Waals surface area contributed by atoms with Crippen molar-refractivity contribution in [2.75, 3.05) is 0 Å². The van der Waals surface area contributed by atoms with Crippen LogP contribution in [0.1, 0.15) is 50.6 Å². The summed E-state index contributed by atoms with van der Waals surface area (Å²) in [4.78, 5) is 0. The Labute approximate surface area is 122 Å². The van der Waals surface area contributed by atoms with Crippen molar-refractivity contribution in [1.82, 2.24) is 5.43 Å². The summed E-state index contributed by atoms with van der Waals surface area (Å²) in [5, 5.41) is 0. The van der Waals surface area contributed by atoms with Crippen LogP contribution in [-0.2, 0) is 0 Å². The van der Waals surface area contributed by atoms with Crippen LogP contribution in [0.3, 0.4) is 0 Å². The first-order chi connectivity index (χ1) is 9.84. The molecule has 0 amide bonds. The van der Waals surface area contributed by atoms with Crippen LogP contribution in [0.15, 0.2) is 24.3 Å². The number of hydrogen-bond acceptors (Lipinski definition) is 3. The first kappa shape index (κ1) is 16.1. The predicted octanol–water partition coefficient (Wildman–Crippen LogP) is 4.06. The van der Waals surface area contributed by atoms with Gasteiger partial charge in [0, 0.05) is 0 Å². The predicted molar refractivity (Wildman–Crippen MR) is 74.4 cm³/mol. The maximum absolute atomic E-state index is 12.3. The van der Waals surface area contributed by atoms with Crippen LogP contribution in [-0.4, -0.2) is 6.36 Å². The van der Waals surface area contributed by atoms with Crippen molar-refractivity contribution in [2.45, 2.75) is 51.4 Å². The zero-order valence-electron chi connectivity index (χ0n) is 12.0. The molecule has 3 N–H and O–H groups in total. The summed E-state index contributed by atoms with van der Waals surface area (Å²) in [6, 6.07) is 5.88. The molecule has 3 nitrogen and oxygen atoms in total. The zero-order valence-corrected chi connectivity index (χ0v) is 12.0.